The van der Waals surface area contributed by atoms with Gasteiger partial charge in [0.2, 0.25) is 0 Å². The Kier molecular flexibility index (Phi) is 8.29. The fraction of sp³-hybridized carbons (Fsp3) is 0.222. The molecule has 0 aliphatic rings. The molecule has 5 heteroatoms. The largest absolute Gasteiger partial charge is 0.462 e. The zero-order chi connectivity index (χ0) is 8.97. The molecule has 0 heterocycles. The third kappa shape index (κ3) is 4.35. The zero-order valence-electron chi connectivity index (χ0n) is 7.73. The Labute approximate surface area is 95.4 Å². The molecule has 0 spiro atoms. The molecule has 0 aromatic heterocycles. The number of rotatable bonds is 2. The lowest BCUT2D eigenvalue weighted by atomic mass is 10.2. The molecule has 0 fully saturated rings. The highest BCUT2D eigenvalue weighted by atomic mass is 35.5. The monoisotopic (exact) mass is 237 g/mol. The second-order valence-corrected chi connectivity index (χ2v) is 2.35. The van der Waals surface area contributed by atoms with Gasteiger partial charge in [0.05, 0.1) is 12.2 Å². The lowest BCUT2D eigenvalue weighted by Crippen LogP contribution is -2.04. The second kappa shape index (κ2) is 7.47. The first-order valence-electron chi connectivity index (χ1n) is 3.76. The predicted molar refractivity (Wildman–Crippen MR) is 61.3 cm³/mol. The lowest BCUT2D eigenvalue weighted by Gasteiger charge is -2.01. The Morgan fingerprint density at radius 2 is 2.07 bits per heavy atom. The van der Waals surface area contributed by atoms with Gasteiger partial charge in [-0.1, -0.05) is 6.07 Å². The number of esters is 1. The Morgan fingerprint density at radius 3 is 2.57 bits per heavy atom. The summed E-state index contributed by atoms with van der Waals surface area (Å²) in [6.45, 7) is 2.15. The van der Waals surface area contributed by atoms with Gasteiger partial charge in [-0.2, -0.15) is 0 Å². The van der Waals surface area contributed by atoms with Crippen molar-refractivity contribution in [1.29, 1.82) is 0 Å². The van der Waals surface area contributed by atoms with Crippen LogP contribution in [0.2, 0.25) is 0 Å². The molecule has 0 aliphatic carbocycles. The van der Waals surface area contributed by atoms with Gasteiger partial charge in [0.1, 0.15) is 0 Å². The number of carbonyl (C=O) groups excluding carboxylic acids is 1. The SMILES string of the molecule is CCOC(=O)c1cccc(N)c1.Cl.Cl. The molecule has 1 aromatic rings. The van der Waals surface area contributed by atoms with E-state index in [1.54, 1.807) is 31.2 Å². The first kappa shape index (κ1) is 15.5. The highest BCUT2D eigenvalue weighted by Gasteiger charge is 2.04. The van der Waals surface area contributed by atoms with Crippen LogP contribution < -0.4 is 5.73 Å². The van der Waals surface area contributed by atoms with Crippen LogP contribution in [0.15, 0.2) is 24.3 Å². The molecule has 0 radical (unpaired) electrons. The molecule has 0 saturated carbocycles. The first-order chi connectivity index (χ1) is 5.74. The quantitative estimate of drug-likeness (QED) is 0.635. The summed E-state index contributed by atoms with van der Waals surface area (Å²) in [6.07, 6.45) is 0. The Morgan fingerprint density at radius 1 is 1.43 bits per heavy atom. The Hall–Kier alpha value is -0.930. The smallest absolute Gasteiger partial charge is 0.338 e. The van der Waals surface area contributed by atoms with Crippen LogP contribution in [0.1, 0.15) is 17.3 Å². The highest BCUT2D eigenvalue weighted by molar-refractivity contribution is 5.90. The van der Waals surface area contributed by atoms with E-state index < -0.39 is 0 Å². The number of hydrogen-bond acceptors (Lipinski definition) is 3. The van der Waals surface area contributed by atoms with Crippen LogP contribution in [0, 0.1) is 0 Å². The Balaban J connectivity index is 0. The van der Waals surface area contributed by atoms with E-state index >= 15 is 0 Å². The number of hydrogen-bond donors (Lipinski definition) is 1. The molecule has 0 atom stereocenters. The van der Waals surface area contributed by atoms with Gasteiger partial charge in [-0.15, -0.1) is 24.8 Å². The van der Waals surface area contributed by atoms with Crippen molar-refractivity contribution in [3.8, 4) is 0 Å². The molecule has 1 rings (SSSR count). The fourth-order valence-corrected chi connectivity index (χ4v) is 0.880. The molecular weight excluding hydrogens is 225 g/mol. The van der Waals surface area contributed by atoms with Crippen molar-refractivity contribution in [2.75, 3.05) is 12.3 Å². The van der Waals surface area contributed by atoms with Crippen LogP contribution in [0.3, 0.4) is 0 Å². The minimum Gasteiger partial charge on any atom is -0.462 e. The lowest BCUT2D eigenvalue weighted by molar-refractivity contribution is 0.0526. The molecule has 0 aliphatic heterocycles. The average Bonchev–Trinajstić information content (AvgIpc) is 2.05. The van der Waals surface area contributed by atoms with Gasteiger partial charge in [-0.3, -0.25) is 0 Å². The van der Waals surface area contributed by atoms with E-state index in [1.165, 1.54) is 0 Å². The third-order valence-electron chi connectivity index (χ3n) is 1.40. The number of carbonyl (C=O) groups is 1. The molecule has 1 aromatic carbocycles. The molecule has 0 unspecified atom stereocenters. The molecule has 3 nitrogen and oxygen atoms in total. The van der Waals surface area contributed by atoms with E-state index in [0.717, 1.165) is 0 Å². The van der Waals surface area contributed by atoms with Gasteiger partial charge < -0.3 is 10.5 Å². The fourth-order valence-electron chi connectivity index (χ4n) is 0.880. The van der Waals surface area contributed by atoms with Crippen molar-refractivity contribution in [3.05, 3.63) is 29.8 Å². The van der Waals surface area contributed by atoms with Crippen molar-refractivity contribution in [3.63, 3.8) is 0 Å². The molecule has 80 valence electrons. The summed E-state index contributed by atoms with van der Waals surface area (Å²) in [7, 11) is 0. The standard InChI is InChI=1S/C9H11NO2.2ClH/c1-2-12-9(11)7-4-3-5-8(10)6-7;;/h3-6H,2,10H2,1H3;2*1H. The van der Waals surface area contributed by atoms with Crippen LogP contribution >= 0.6 is 24.8 Å². The number of nitrogen functional groups attached to an aromatic ring is 1. The van der Waals surface area contributed by atoms with E-state index in [0.29, 0.717) is 17.9 Å². The van der Waals surface area contributed by atoms with Crippen LogP contribution in [0.5, 0.6) is 0 Å². The van der Waals surface area contributed by atoms with E-state index in [2.05, 4.69) is 0 Å². The molecular formula is C9H13Cl2NO2. The maximum Gasteiger partial charge on any atom is 0.338 e. The summed E-state index contributed by atoms with van der Waals surface area (Å²) in [5, 5.41) is 0. The highest BCUT2D eigenvalue weighted by Crippen LogP contribution is 2.07. The summed E-state index contributed by atoms with van der Waals surface area (Å²) >= 11 is 0. The average molecular weight is 238 g/mol. The minimum atomic E-state index is -0.329. The van der Waals surface area contributed by atoms with Crippen LogP contribution in [0.25, 0.3) is 0 Å². The van der Waals surface area contributed by atoms with Gasteiger partial charge >= 0.3 is 5.97 Å². The molecule has 0 saturated heterocycles. The number of halogens is 2. The van der Waals surface area contributed by atoms with E-state index in [1.807, 2.05) is 0 Å². The third-order valence-corrected chi connectivity index (χ3v) is 1.40. The number of nitrogens with two attached hydrogens (primary N) is 1. The van der Waals surface area contributed by atoms with Gasteiger partial charge in [-0.05, 0) is 25.1 Å². The van der Waals surface area contributed by atoms with E-state index in [4.69, 9.17) is 10.5 Å². The normalized spacial score (nSPS) is 8.07. The summed E-state index contributed by atoms with van der Waals surface area (Å²) < 4.78 is 4.79. The van der Waals surface area contributed by atoms with E-state index in [-0.39, 0.29) is 30.8 Å². The van der Waals surface area contributed by atoms with Crippen molar-refractivity contribution in [2.24, 2.45) is 0 Å². The van der Waals surface area contributed by atoms with Gasteiger partial charge in [0.15, 0.2) is 0 Å². The van der Waals surface area contributed by atoms with Crippen LogP contribution in [-0.4, -0.2) is 12.6 Å². The van der Waals surface area contributed by atoms with Crippen molar-refractivity contribution in [1.82, 2.24) is 0 Å². The summed E-state index contributed by atoms with van der Waals surface area (Å²) in [5.41, 5.74) is 6.55. The van der Waals surface area contributed by atoms with Crippen molar-refractivity contribution < 1.29 is 9.53 Å². The predicted octanol–water partition coefficient (Wildman–Crippen LogP) is 2.29. The maximum absolute atomic E-state index is 11.1. The number of benzene rings is 1. The minimum absolute atomic E-state index is 0. The summed E-state index contributed by atoms with van der Waals surface area (Å²) in [6, 6.07) is 6.72. The van der Waals surface area contributed by atoms with Gasteiger partial charge in [-0.25, -0.2) is 4.79 Å². The second-order valence-electron chi connectivity index (χ2n) is 2.35. The van der Waals surface area contributed by atoms with Gasteiger partial charge in [0, 0.05) is 5.69 Å². The molecule has 2 N–H and O–H groups in total. The summed E-state index contributed by atoms with van der Waals surface area (Å²) in [5.74, 6) is -0.329. The molecule has 0 amide bonds. The van der Waals surface area contributed by atoms with Crippen LogP contribution in [0.4, 0.5) is 5.69 Å². The number of ether oxygens (including phenoxy) is 1. The zero-order valence-corrected chi connectivity index (χ0v) is 9.36. The van der Waals surface area contributed by atoms with Crippen molar-refractivity contribution in [2.45, 2.75) is 6.92 Å². The molecule has 0 bridgehead atoms. The maximum atomic E-state index is 11.1. The summed E-state index contributed by atoms with van der Waals surface area (Å²) in [4.78, 5) is 11.1. The van der Waals surface area contributed by atoms with Gasteiger partial charge in [0.25, 0.3) is 0 Å². The first-order valence-corrected chi connectivity index (χ1v) is 3.76. The number of anilines is 1. The van der Waals surface area contributed by atoms with Crippen LogP contribution in [-0.2, 0) is 4.74 Å². The molecule has 14 heavy (non-hydrogen) atoms. The van der Waals surface area contributed by atoms with Crippen molar-refractivity contribution >= 4 is 36.5 Å². The topological polar surface area (TPSA) is 52.3 Å². The van der Waals surface area contributed by atoms with E-state index in [9.17, 15) is 4.79 Å². The Bertz CT molecular complexity index is 292.